The number of nitrogens with zero attached hydrogens (tertiary/aromatic N) is 2. The van der Waals surface area contributed by atoms with E-state index < -0.39 is 0 Å². The molecule has 2 N–H and O–H groups in total. The van der Waals surface area contributed by atoms with Gasteiger partial charge in [0.25, 0.3) is 0 Å². The number of aliphatic imine (C=N–C) groups is 1. The second kappa shape index (κ2) is 12.4. The lowest BCUT2D eigenvalue weighted by atomic mass is 10.3. The summed E-state index contributed by atoms with van der Waals surface area (Å²) >= 11 is 0. The summed E-state index contributed by atoms with van der Waals surface area (Å²) in [6, 6.07) is 0.269. The van der Waals surface area contributed by atoms with Crippen LogP contribution in [0.15, 0.2) is 4.99 Å². The van der Waals surface area contributed by atoms with E-state index in [0.717, 1.165) is 25.5 Å². The molecule has 0 spiro atoms. The first-order valence-corrected chi connectivity index (χ1v) is 5.71. The van der Waals surface area contributed by atoms with E-state index in [2.05, 4.69) is 41.5 Å². The zero-order valence-electron chi connectivity index (χ0n) is 11.6. The van der Waals surface area contributed by atoms with E-state index in [4.69, 9.17) is 4.74 Å². The van der Waals surface area contributed by atoms with Crippen LogP contribution in [0, 0.1) is 0 Å². The van der Waals surface area contributed by atoms with Crippen LogP contribution in [0.2, 0.25) is 0 Å². The molecule has 1 atom stereocenters. The Hall–Kier alpha value is -0.0800. The Labute approximate surface area is 122 Å². The normalized spacial score (nSPS) is 13.2. The molecule has 0 heterocycles. The number of ether oxygens (including phenoxy) is 1. The Morgan fingerprint density at radius 2 is 2.06 bits per heavy atom. The van der Waals surface area contributed by atoms with Crippen molar-refractivity contribution in [1.29, 1.82) is 0 Å². The first-order chi connectivity index (χ1) is 7.60. The molecule has 0 saturated carbocycles. The van der Waals surface area contributed by atoms with Crippen LogP contribution in [0.25, 0.3) is 0 Å². The van der Waals surface area contributed by atoms with Crippen LogP contribution < -0.4 is 10.6 Å². The number of guanidine groups is 1. The average molecular weight is 358 g/mol. The Kier molecular flexibility index (Phi) is 14.0. The van der Waals surface area contributed by atoms with E-state index in [9.17, 15) is 0 Å². The van der Waals surface area contributed by atoms with Gasteiger partial charge in [-0.15, -0.1) is 24.0 Å². The quantitative estimate of drug-likeness (QED) is 0.305. The van der Waals surface area contributed by atoms with Crippen LogP contribution in [-0.2, 0) is 4.74 Å². The molecule has 0 radical (unpaired) electrons. The SMILES string of the molecule is CN=C(NCCCN(C)C)NC(C)COC.I. The summed E-state index contributed by atoms with van der Waals surface area (Å²) in [5.74, 6) is 0.836. The van der Waals surface area contributed by atoms with Gasteiger partial charge in [0.1, 0.15) is 0 Å². The third-order valence-electron chi connectivity index (χ3n) is 2.10. The molecule has 0 aromatic heterocycles. The molecular weight excluding hydrogens is 331 g/mol. The van der Waals surface area contributed by atoms with Crippen molar-refractivity contribution in [3.8, 4) is 0 Å². The number of rotatable bonds is 7. The fraction of sp³-hybridized carbons (Fsp3) is 0.909. The van der Waals surface area contributed by atoms with Gasteiger partial charge in [0.2, 0.25) is 0 Å². The second-order valence-electron chi connectivity index (χ2n) is 4.16. The smallest absolute Gasteiger partial charge is 0.191 e. The third-order valence-corrected chi connectivity index (χ3v) is 2.10. The summed E-state index contributed by atoms with van der Waals surface area (Å²) in [6.45, 7) is 4.75. The minimum absolute atomic E-state index is 0. The maximum Gasteiger partial charge on any atom is 0.191 e. The molecule has 17 heavy (non-hydrogen) atoms. The zero-order chi connectivity index (χ0) is 12.4. The lowest BCUT2D eigenvalue weighted by Gasteiger charge is -2.17. The van der Waals surface area contributed by atoms with Crippen molar-refractivity contribution in [2.24, 2.45) is 4.99 Å². The first kappa shape index (κ1) is 19.3. The van der Waals surface area contributed by atoms with Crippen molar-refractivity contribution >= 4 is 29.9 Å². The van der Waals surface area contributed by atoms with Gasteiger partial charge in [-0.1, -0.05) is 0 Å². The molecule has 1 unspecified atom stereocenters. The highest BCUT2D eigenvalue weighted by Crippen LogP contribution is 1.84. The number of hydrogen-bond acceptors (Lipinski definition) is 3. The Bertz CT molecular complexity index is 200. The van der Waals surface area contributed by atoms with Gasteiger partial charge in [-0.25, -0.2) is 0 Å². The summed E-state index contributed by atoms with van der Waals surface area (Å²) in [4.78, 5) is 6.32. The highest BCUT2D eigenvalue weighted by Gasteiger charge is 2.03. The topological polar surface area (TPSA) is 48.9 Å². The summed E-state index contributed by atoms with van der Waals surface area (Å²) < 4.78 is 5.05. The van der Waals surface area contributed by atoms with Gasteiger partial charge >= 0.3 is 0 Å². The summed E-state index contributed by atoms with van der Waals surface area (Å²) in [6.07, 6.45) is 1.10. The van der Waals surface area contributed by atoms with Gasteiger partial charge in [-0.2, -0.15) is 0 Å². The van der Waals surface area contributed by atoms with Crippen molar-refractivity contribution in [3.63, 3.8) is 0 Å². The van der Waals surface area contributed by atoms with Gasteiger partial charge in [-0.05, 0) is 34.0 Å². The monoisotopic (exact) mass is 358 g/mol. The van der Waals surface area contributed by atoms with Crippen molar-refractivity contribution in [3.05, 3.63) is 0 Å². The van der Waals surface area contributed by atoms with E-state index in [1.54, 1.807) is 14.2 Å². The van der Waals surface area contributed by atoms with Gasteiger partial charge in [0, 0.05) is 26.7 Å². The fourth-order valence-electron chi connectivity index (χ4n) is 1.32. The van der Waals surface area contributed by atoms with Crippen molar-refractivity contribution in [2.75, 3.05) is 47.9 Å². The molecule has 0 fully saturated rings. The number of nitrogens with one attached hydrogen (secondary N) is 2. The molecule has 0 aliphatic carbocycles. The van der Waals surface area contributed by atoms with Crippen molar-refractivity contribution in [1.82, 2.24) is 15.5 Å². The number of hydrogen-bond donors (Lipinski definition) is 2. The minimum atomic E-state index is 0. The van der Waals surface area contributed by atoms with E-state index in [0.29, 0.717) is 6.61 Å². The molecule has 0 aliphatic heterocycles. The molecule has 6 heteroatoms. The standard InChI is InChI=1S/C11H26N4O.HI/c1-10(9-16-5)14-11(12-2)13-7-6-8-15(3)4;/h10H,6-9H2,1-5H3,(H2,12,13,14);1H. The van der Waals surface area contributed by atoms with Crippen LogP contribution in [0.5, 0.6) is 0 Å². The molecule has 0 saturated heterocycles. The maximum absolute atomic E-state index is 5.05. The van der Waals surface area contributed by atoms with E-state index >= 15 is 0 Å². The van der Waals surface area contributed by atoms with Crippen molar-refractivity contribution in [2.45, 2.75) is 19.4 Å². The highest BCUT2D eigenvalue weighted by atomic mass is 127. The van der Waals surface area contributed by atoms with Crippen LogP contribution in [0.4, 0.5) is 0 Å². The second-order valence-corrected chi connectivity index (χ2v) is 4.16. The zero-order valence-corrected chi connectivity index (χ0v) is 13.9. The van der Waals surface area contributed by atoms with E-state index in [-0.39, 0.29) is 30.0 Å². The van der Waals surface area contributed by atoms with Gasteiger partial charge < -0.3 is 20.3 Å². The maximum atomic E-state index is 5.05. The summed E-state index contributed by atoms with van der Waals surface area (Å²) in [7, 11) is 7.63. The molecule has 0 aliphatic rings. The molecule has 5 nitrogen and oxygen atoms in total. The molecule has 104 valence electrons. The lowest BCUT2D eigenvalue weighted by Crippen LogP contribution is -2.44. The fourth-order valence-corrected chi connectivity index (χ4v) is 1.32. The molecular formula is C11H27IN4O. The molecule has 0 amide bonds. The summed E-state index contributed by atoms with van der Waals surface area (Å²) in [5.41, 5.74) is 0. The van der Waals surface area contributed by atoms with Gasteiger partial charge in [0.15, 0.2) is 5.96 Å². The van der Waals surface area contributed by atoms with Gasteiger partial charge in [-0.3, -0.25) is 4.99 Å². The number of halogens is 1. The molecule has 0 aromatic carbocycles. The van der Waals surface area contributed by atoms with Crippen LogP contribution >= 0.6 is 24.0 Å². The van der Waals surface area contributed by atoms with Crippen molar-refractivity contribution < 1.29 is 4.74 Å². The predicted molar refractivity (Wildman–Crippen MR) is 84.4 cm³/mol. The molecule has 0 aromatic rings. The predicted octanol–water partition coefficient (Wildman–Crippen LogP) is 0.756. The van der Waals surface area contributed by atoms with Crippen LogP contribution in [0.3, 0.4) is 0 Å². The van der Waals surface area contributed by atoms with E-state index in [1.807, 2.05) is 0 Å². The Morgan fingerprint density at radius 1 is 1.41 bits per heavy atom. The van der Waals surface area contributed by atoms with E-state index in [1.165, 1.54) is 0 Å². The minimum Gasteiger partial charge on any atom is -0.383 e. The number of methoxy groups -OCH3 is 1. The van der Waals surface area contributed by atoms with Crippen LogP contribution in [-0.4, -0.2) is 64.9 Å². The first-order valence-electron chi connectivity index (χ1n) is 5.71. The van der Waals surface area contributed by atoms with Gasteiger partial charge in [0.05, 0.1) is 6.61 Å². The third kappa shape index (κ3) is 12.2. The molecule has 0 bridgehead atoms. The summed E-state index contributed by atoms with van der Waals surface area (Å²) in [5, 5.41) is 6.53. The Morgan fingerprint density at radius 3 is 2.53 bits per heavy atom. The van der Waals surface area contributed by atoms with Crippen LogP contribution in [0.1, 0.15) is 13.3 Å². The average Bonchev–Trinajstić information content (AvgIpc) is 2.22. The Balaban J connectivity index is 0. The highest BCUT2D eigenvalue weighted by molar-refractivity contribution is 14.0. The molecule has 0 rings (SSSR count). The lowest BCUT2D eigenvalue weighted by molar-refractivity contribution is 0.179. The largest absolute Gasteiger partial charge is 0.383 e.